The van der Waals surface area contributed by atoms with Gasteiger partial charge >= 0.3 is 6.03 Å². The second kappa shape index (κ2) is 5.28. The molecule has 1 atom stereocenters. The molecule has 1 aliphatic heterocycles. The summed E-state index contributed by atoms with van der Waals surface area (Å²) in [5.41, 5.74) is 1.01. The molecule has 0 aliphatic carbocycles. The highest BCUT2D eigenvalue weighted by molar-refractivity contribution is 7.08. The van der Waals surface area contributed by atoms with Crippen LogP contribution >= 0.6 is 11.3 Å². The third-order valence-electron chi connectivity index (χ3n) is 3.77. The summed E-state index contributed by atoms with van der Waals surface area (Å²) in [5, 5.41) is 15.4. The van der Waals surface area contributed by atoms with Crippen LogP contribution in [-0.2, 0) is 16.9 Å². The van der Waals surface area contributed by atoms with Gasteiger partial charge in [-0.05, 0) is 47.0 Å². The van der Waals surface area contributed by atoms with Crippen LogP contribution < -0.4 is 5.32 Å². The first-order valence-electron chi connectivity index (χ1n) is 6.70. The maximum Gasteiger partial charge on any atom is 0.325 e. The van der Waals surface area contributed by atoms with E-state index in [2.05, 4.69) is 11.4 Å². The molecule has 0 unspecified atom stereocenters. The molecule has 1 aliphatic rings. The van der Waals surface area contributed by atoms with Gasteiger partial charge in [0.25, 0.3) is 5.91 Å². The van der Waals surface area contributed by atoms with Crippen molar-refractivity contribution in [1.82, 2.24) is 10.2 Å². The van der Waals surface area contributed by atoms with Crippen molar-refractivity contribution >= 4 is 23.3 Å². The Morgan fingerprint density at radius 2 is 2.18 bits per heavy atom. The van der Waals surface area contributed by atoms with Crippen LogP contribution in [-0.4, -0.2) is 16.8 Å². The molecule has 110 valence electrons. The van der Waals surface area contributed by atoms with Gasteiger partial charge in [0.1, 0.15) is 5.54 Å². The summed E-state index contributed by atoms with van der Waals surface area (Å²) >= 11 is 1.48. The van der Waals surface area contributed by atoms with Gasteiger partial charge in [0, 0.05) is 0 Å². The number of urea groups is 1. The summed E-state index contributed by atoms with van der Waals surface area (Å²) in [6.07, 6.45) is 0. The van der Waals surface area contributed by atoms with E-state index in [9.17, 15) is 9.59 Å². The minimum Gasteiger partial charge on any atom is -0.319 e. The van der Waals surface area contributed by atoms with Gasteiger partial charge in [-0.3, -0.25) is 9.69 Å². The number of benzene rings is 1. The zero-order chi connectivity index (χ0) is 15.7. The Balaban J connectivity index is 1.88. The zero-order valence-electron chi connectivity index (χ0n) is 11.9. The Hall–Kier alpha value is -2.65. The first-order valence-corrected chi connectivity index (χ1v) is 7.65. The van der Waals surface area contributed by atoms with E-state index in [-0.39, 0.29) is 12.5 Å². The molecule has 6 heteroatoms. The number of nitriles is 1. The molecule has 0 saturated carbocycles. The Morgan fingerprint density at radius 3 is 2.86 bits per heavy atom. The van der Waals surface area contributed by atoms with Crippen LogP contribution in [0.4, 0.5) is 4.79 Å². The van der Waals surface area contributed by atoms with Crippen molar-refractivity contribution in [2.45, 2.75) is 19.0 Å². The van der Waals surface area contributed by atoms with Crippen molar-refractivity contribution in [1.29, 1.82) is 5.26 Å². The summed E-state index contributed by atoms with van der Waals surface area (Å²) in [6.45, 7) is 1.86. The number of thiophene rings is 1. The molecule has 22 heavy (non-hydrogen) atoms. The fraction of sp³-hybridized carbons (Fsp3) is 0.188. The molecule has 2 heterocycles. The van der Waals surface area contributed by atoms with Crippen LogP contribution in [0.15, 0.2) is 41.1 Å². The van der Waals surface area contributed by atoms with Crippen LogP contribution in [0.2, 0.25) is 0 Å². The molecule has 0 radical (unpaired) electrons. The Bertz CT molecular complexity index is 779. The number of amides is 3. The van der Waals surface area contributed by atoms with Gasteiger partial charge in [0.2, 0.25) is 0 Å². The van der Waals surface area contributed by atoms with Gasteiger partial charge in [-0.2, -0.15) is 16.6 Å². The molecule has 3 rings (SSSR count). The van der Waals surface area contributed by atoms with Crippen molar-refractivity contribution in [2.24, 2.45) is 0 Å². The predicted octanol–water partition coefficient (Wildman–Crippen LogP) is 2.59. The molecule has 1 N–H and O–H groups in total. The molecule has 0 bridgehead atoms. The summed E-state index contributed by atoms with van der Waals surface area (Å²) in [7, 11) is 0. The molecule has 3 amide bonds. The standard InChI is InChI=1S/C16H13N3O2S/c1-16(13-5-6-22-10-13)14(20)19(15(21)18-16)9-12-4-2-3-11(7-12)8-17/h2-7,10H,9H2,1H3,(H,18,21)/t16-/m1/s1. The minimum atomic E-state index is -1.02. The lowest BCUT2D eigenvalue weighted by atomic mass is 9.95. The van der Waals surface area contributed by atoms with Crippen molar-refractivity contribution in [3.63, 3.8) is 0 Å². The summed E-state index contributed by atoms with van der Waals surface area (Å²) < 4.78 is 0. The van der Waals surface area contributed by atoms with Crippen LogP contribution in [0.3, 0.4) is 0 Å². The number of carbonyl (C=O) groups is 2. The second-order valence-corrected chi connectivity index (χ2v) is 6.05. The van der Waals surface area contributed by atoms with E-state index in [1.807, 2.05) is 16.8 Å². The highest BCUT2D eigenvalue weighted by Gasteiger charge is 2.49. The summed E-state index contributed by atoms with van der Waals surface area (Å²) in [6, 6.07) is 10.4. The lowest BCUT2D eigenvalue weighted by Crippen LogP contribution is -2.40. The van der Waals surface area contributed by atoms with Gasteiger partial charge in [0.15, 0.2) is 0 Å². The van der Waals surface area contributed by atoms with Crippen LogP contribution in [0.5, 0.6) is 0 Å². The van der Waals surface area contributed by atoms with E-state index in [4.69, 9.17) is 5.26 Å². The average Bonchev–Trinajstić information content (AvgIpc) is 3.12. The Kier molecular flexibility index (Phi) is 3.43. The topological polar surface area (TPSA) is 73.2 Å². The molecular weight excluding hydrogens is 298 g/mol. The number of hydrogen-bond donors (Lipinski definition) is 1. The van der Waals surface area contributed by atoms with Gasteiger partial charge in [-0.1, -0.05) is 12.1 Å². The van der Waals surface area contributed by atoms with E-state index in [0.29, 0.717) is 5.56 Å². The lowest BCUT2D eigenvalue weighted by Gasteiger charge is -2.20. The molecule has 5 nitrogen and oxygen atoms in total. The Morgan fingerprint density at radius 1 is 1.36 bits per heavy atom. The minimum absolute atomic E-state index is 0.153. The van der Waals surface area contributed by atoms with Crippen molar-refractivity contribution in [3.8, 4) is 6.07 Å². The van der Waals surface area contributed by atoms with Gasteiger partial charge < -0.3 is 5.32 Å². The monoisotopic (exact) mass is 311 g/mol. The molecule has 1 aromatic carbocycles. The van der Waals surface area contributed by atoms with Crippen LogP contribution in [0.1, 0.15) is 23.6 Å². The van der Waals surface area contributed by atoms with Crippen LogP contribution in [0.25, 0.3) is 0 Å². The van der Waals surface area contributed by atoms with E-state index >= 15 is 0 Å². The average molecular weight is 311 g/mol. The first kappa shape index (κ1) is 14.3. The molecule has 1 saturated heterocycles. The molecular formula is C16H13N3O2S. The van der Waals surface area contributed by atoms with E-state index in [1.165, 1.54) is 16.2 Å². The van der Waals surface area contributed by atoms with E-state index < -0.39 is 11.6 Å². The van der Waals surface area contributed by atoms with Crippen LogP contribution in [0, 0.1) is 11.3 Å². The summed E-state index contributed by atoms with van der Waals surface area (Å²) in [5.74, 6) is -0.279. The normalized spacial score (nSPS) is 20.8. The first-order chi connectivity index (χ1) is 10.5. The van der Waals surface area contributed by atoms with Crippen molar-refractivity contribution in [2.75, 3.05) is 0 Å². The fourth-order valence-corrected chi connectivity index (χ4v) is 3.27. The van der Waals surface area contributed by atoms with Gasteiger partial charge in [0.05, 0.1) is 18.2 Å². The number of imide groups is 1. The fourth-order valence-electron chi connectivity index (χ4n) is 2.51. The molecule has 1 fully saturated rings. The highest BCUT2D eigenvalue weighted by Crippen LogP contribution is 2.31. The van der Waals surface area contributed by atoms with Gasteiger partial charge in [-0.15, -0.1) is 0 Å². The van der Waals surface area contributed by atoms with E-state index in [0.717, 1.165) is 11.1 Å². The molecule has 0 spiro atoms. The SMILES string of the molecule is C[C@]1(c2ccsc2)NC(=O)N(Cc2cccc(C#N)c2)C1=O. The lowest BCUT2D eigenvalue weighted by molar-refractivity contribution is -0.131. The number of hydrogen-bond acceptors (Lipinski definition) is 4. The highest BCUT2D eigenvalue weighted by atomic mass is 32.1. The second-order valence-electron chi connectivity index (χ2n) is 5.27. The molecule has 1 aromatic heterocycles. The third-order valence-corrected chi connectivity index (χ3v) is 4.45. The zero-order valence-corrected chi connectivity index (χ0v) is 12.7. The number of carbonyl (C=O) groups excluding carboxylic acids is 2. The van der Waals surface area contributed by atoms with Crippen molar-refractivity contribution < 1.29 is 9.59 Å². The molecule has 2 aromatic rings. The van der Waals surface area contributed by atoms with Crippen molar-refractivity contribution in [3.05, 3.63) is 57.8 Å². The van der Waals surface area contributed by atoms with E-state index in [1.54, 1.807) is 31.2 Å². The summed E-state index contributed by atoms with van der Waals surface area (Å²) in [4.78, 5) is 26.1. The predicted molar refractivity (Wildman–Crippen MR) is 81.9 cm³/mol. The third kappa shape index (κ3) is 2.26. The number of nitrogens with zero attached hydrogens (tertiary/aromatic N) is 2. The number of nitrogens with one attached hydrogen (secondary N) is 1. The largest absolute Gasteiger partial charge is 0.325 e. The quantitative estimate of drug-likeness (QED) is 0.885. The Labute approximate surface area is 131 Å². The van der Waals surface area contributed by atoms with Gasteiger partial charge in [-0.25, -0.2) is 4.79 Å². The number of rotatable bonds is 3. The maximum atomic E-state index is 12.7. The smallest absolute Gasteiger partial charge is 0.319 e. The maximum absolute atomic E-state index is 12.7.